The van der Waals surface area contributed by atoms with Gasteiger partial charge >= 0.3 is 0 Å². The fraction of sp³-hybridized carbons (Fsp3) is 0.286. The van der Waals surface area contributed by atoms with E-state index in [0.29, 0.717) is 6.42 Å². The van der Waals surface area contributed by atoms with Crippen molar-refractivity contribution in [2.45, 2.75) is 12.5 Å². The van der Waals surface area contributed by atoms with Crippen LogP contribution in [-0.4, -0.2) is 5.11 Å². The molecular formula is C7H9OSW-. The molecule has 1 unspecified atom stereocenters. The minimum Gasteiger partial charge on any atom is -0.390 e. The summed E-state index contributed by atoms with van der Waals surface area (Å²) in [5.74, 6) is 0. The van der Waals surface area contributed by atoms with Crippen molar-refractivity contribution in [3.05, 3.63) is 29.3 Å². The van der Waals surface area contributed by atoms with Crippen molar-refractivity contribution < 1.29 is 26.2 Å². The standard InChI is InChI=1S/C7H9OS.W/c1-2-6(8)7-4-3-5-9-7;/h3-6,8H,1-2H2;/q-1;. The Hall–Kier alpha value is 0.348. The predicted octanol–water partition coefficient (Wildman–Crippen LogP) is 2.00. The van der Waals surface area contributed by atoms with Crippen LogP contribution in [0.3, 0.4) is 0 Å². The third-order valence-corrected chi connectivity index (χ3v) is 2.12. The minimum atomic E-state index is -0.356. The summed E-state index contributed by atoms with van der Waals surface area (Å²) in [6.45, 7) is 3.60. The molecule has 0 aliphatic heterocycles. The Kier molecular flexibility index (Phi) is 5.24. The smallest absolute Gasteiger partial charge is 0.0612 e. The van der Waals surface area contributed by atoms with E-state index in [9.17, 15) is 0 Å². The van der Waals surface area contributed by atoms with Crippen molar-refractivity contribution in [2.24, 2.45) is 0 Å². The maximum absolute atomic E-state index is 9.17. The molecule has 3 heteroatoms. The normalized spacial score (nSPS) is 12.2. The van der Waals surface area contributed by atoms with E-state index in [1.807, 2.05) is 17.5 Å². The van der Waals surface area contributed by atoms with Crippen molar-refractivity contribution in [1.29, 1.82) is 0 Å². The first-order valence-corrected chi connectivity index (χ1v) is 3.73. The van der Waals surface area contributed by atoms with Crippen molar-refractivity contribution >= 4 is 11.3 Å². The van der Waals surface area contributed by atoms with Gasteiger partial charge in [-0.25, -0.2) is 0 Å². The number of aliphatic hydroxyl groups excluding tert-OH is 1. The molecule has 0 amide bonds. The monoisotopic (exact) mass is 325 g/mol. The van der Waals surface area contributed by atoms with Gasteiger partial charge in [-0.3, -0.25) is 0 Å². The first kappa shape index (κ1) is 10.3. The molecule has 56 valence electrons. The number of aliphatic hydroxyl groups is 1. The fourth-order valence-electron chi connectivity index (χ4n) is 0.623. The largest absolute Gasteiger partial charge is 0.390 e. The Bertz CT molecular complexity index is 162. The van der Waals surface area contributed by atoms with E-state index in [4.69, 9.17) is 5.11 Å². The second kappa shape index (κ2) is 5.06. The van der Waals surface area contributed by atoms with Crippen LogP contribution in [0, 0.1) is 6.92 Å². The first-order valence-electron chi connectivity index (χ1n) is 2.85. The molecule has 0 spiro atoms. The van der Waals surface area contributed by atoms with Gasteiger partial charge in [0.25, 0.3) is 0 Å². The van der Waals surface area contributed by atoms with E-state index in [-0.39, 0.29) is 27.2 Å². The maximum atomic E-state index is 9.17. The van der Waals surface area contributed by atoms with Crippen LogP contribution in [0.4, 0.5) is 0 Å². The van der Waals surface area contributed by atoms with E-state index in [1.54, 1.807) is 11.3 Å². The molecule has 1 rings (SSSR count). The second-order valence-electron chi connectivity index (χ2n) is 1.82. The molecule has 0 saturated carbocycles. The SMILES string of the molecule is [CH2-]CC(O)c1cccs1.[W]. The van der Waals surface area contributed by atoms with E-state index in [1.165, 1.54) is 0 Å². The molecule has 0 saturated heterocycles. The molecule has 10 heavy (non-hydrogen) atoms. The molecule has 0 aliphatic rings. The summed E-state index contributed by atoms with van der Waals surface area (Å²) in [6.07, 6.45) is 0.200. The second-order valence-corrected chi connectivity index (χ2v) is 2.80. The van der Waals surface area contributed by atoms with Crippen molar-refractivity contribution in [2.75, 3.05) is 0 Å². The summed E-state index contributed by atoms with van der Waals surface area (Å²) in [5.41, 5.74) is 0. The maximum Gasteiger partial charge on any atom is 0.0612 e. The number of rotatable bonds is 2. The zero-order valence-electron chi connectivity index (χ0n) is 5.49. The summed E-state index contributed by atoms with van der Waals surface area (Å²) in [7, 11) is 0. The molecule has 1 N–H and O–H groups in total. The van der Waals surface area contributed by atoms with Gasteiger partial charge in [0, 0.05) is 25.9 Å². The van der Waals surface area contributed by atoms with E-state index < -0.39 is 0 Å². The van der Waals surface area contributed by atoms with Crippen molar-refractivity contribution in [3.63, 3.8) is 0 Å². The van der Waals surface area contributed by atoms with E-state index in [0.717, 1.165) is 4.88 Å². The third-order valence-electron chi connectivity index (χ3n) is 1.15. The first-order chi connectivity index (χ1) is 4.34. The van der Waals surface area contributed by atoms with Crippen molar-refractivity contribution in [1.82, 2.24) is 0 Å². The van der Waals surface area contributed by atoms with Gasteiger partial charge < -0.3 is 12.0 Å². The van der Waals surface area contributed by atoms with Crippen LogP contribution in [0.1, 0.15) is 17.4 Å². The van der Waals surface area contributed by atoms with Crippen molar-refractivity contribution in [3.8, 4) is 0 Å². The van der Waals surface area contributed by atoms with Gasteiger partial charge in [0.2, 0.25) is 0 Å². The van der Waals surface area contributed by atoms with E-state index in [2.05, 4.69) is 6.92 Å². The fourth-order valence-corrected chi connectivity index (χ4v) is 1.37. The van der Waals surface area contributed by atoms with Gasteiger partial charge in [-0.05, 0) is 11.4 Å². The summed E-state index contributed by atoms with van der Waals surface area (Å²) < 4.78 is 0. The molecule has 0 aliphatic carbocycles. The molecule has 0 fully saturated rings. The topological polar surface area (TPSA) is 20.2 Å². The van der Waals surface area contributed by atoms with Crippen LogP contribution in [-0.2, 0) is 21.1 Å². The predicted molar refractivity (Wildman–Crippen MR) is 39.3 cm³/mol. The van der Waals surface area contributed by atoms with Crippen LogP contribution < -0.4 is 0 Å². The van der Waals surface area contributed by atoms with Crippen LogP contribution in [0.15, 0.2) is 17.5 Å². The van der Waals surface area contributed by atoms with Gasteiger partial charge in [0.1, 0.15) is 0 Å². The molecule has 1 atom stereocenters. The van der Waals surface area contributed by atoms with Gasteiger partial charge in [-0.15, -0.1) is 11.3 Å². The molecule has 0 radical (unpaired) electrons. The Morgan fingerprint density at radius 2 is 2.40 bits per heavy atom. The molecule has 1 aromatic rings. The van der Waals surface area contributed by atoms with Gasteiger partial charge in [0.05, 0.1) is 6.10 Å². The van der Waals surface area contributed by atoms with Crippen LogP contribution in [0.25, 0.3) is 0 Å². The van der Waals surface area contributed by atoms with Crippen LogP contribution in [0.5, 0.6) is 0 Å². The average Bonchev–Trinajstić information content (AvgIpc) is 2.37. The Balaban J connectivity index is 0.000000810. The zero-order chi connectivity index (χ0) is 6.69. The molecule has 0 aromatic carbocycles. The summed E-state index contributed by atoms with van der Waals surface area (Å²) >= 11 is 1.57. The Morgan fingerprint density at radius 3 is 2.80 bits per heavy atom. The van der Waals surface area contributed by atoms with Crippen LogP contribution >= 0.6 is 11.3 Å². The average molecular weight is 325 g/mol. The summed E-state index contributed by atoms with van der Waals surface area (Å²) in [6, 6.07) is 3.85. The molecular weight excluding hydrogens is 316 g/mol. The number of thiophene rings is 1. The Labute approximate surface area is 79.3 Å². The number of hydrogen-bond donors (Lipinski definition) is 1. The molecule has 0 bridgehead atoms. The zero-order valence-corrected chi connectivity index (χ0v) is 9.24. The third kappa shape index (κ3) is 2.53. The Morgan fingerprint density at radius 1 is 1.70 bits per heavy atom. The summed E-state index contributed by atoms with van der Waals surface area (Å²) in [4.78, 5) is 1.00. The number of hydrogen-bond acceptors (Lipinski definition) is 2. The van der Waals surface area contributed by atoms with Gasteiger partial charge in [-0.2, -0.15) is 6.42 Å². The minimum absolute atomic E-state index is 0. The quantitative estimate of drug-likeness (QED) is 0.825. The molecule has 1 nitrogen and oxygen atoms in total. The molecule has 1 heterocycles. The van der Waals surface area contributed by atoms with E-state index >= 15 is 0 Å². The van der Waals surface area contributed by atoms with Crippen LogP contribution in [0.2, 0.25) is 0 Å². The molecule has 1 aromatic heterocycles. The summed E-state index contributed by atoms with van der Waals surface area (Å²) in [5, 5.41) is 11.1. The van der Waals surface area contributed by atoms with Gasteiger partial charge in [-0.1, -0.05) is 6.07 Å². The van der Waals surface area contributed by atoms with Gasteiger partial charge in [0.15, 0.2) is 0 Å².